The Morgan fingerprint density at radius 3 is 1.20 bits per heavy atom. The maximum Gasteiger partial charge on any atom is 0.251 e. The average molecular weight is 1050 g/mol. The third-order valence-electron chi connectivity index (χ3n) is 16.2. The molecule has 3 aromatic carbocycles. The summed E-state index contributed by atoms with van der Waals surface area (Å²) in [4.78, 5) is 116. The van der Waals surface area contributed by atoms with Crippen LogP contribution in [-0.4, -0.2) is 133 Å². The van der Waals surface area contributed by atoms with Gasteiger partial charge in [-0.05, 0) is 121 Å². The Morgan fingerprint density at radius 2 is 0.842 bits per heavy atom. The summed E-state index contributed by atoms with van der Waals surface area (Å²) in [7, 11) is 3.35. The first-order valence-corrected chi connectivity index (χ1v) is 27.5. The maximum atomic E-state index is 14.8. The van der Waals surface area contributed by atoms with Crippen molar-refractivity contribution in [2.45, 2.75) is 165 Å². The summed E-state index contributed by atoms with van der Waals surface area (Å²) in [5.74, 6) is -3.43. The normalized spacial score (nSPS) is 22.4. The SMILES string of the molecule is CN[C@@H](C)C(=O)N[C@H](C(=O)N1C[C@@H](NC(=O)c2cccc(C(=O)N[C@H]3C[C@@H](C(=O)N[C@H](C)c4ccccc4)N(C(=O)[C@@H](NC(=O)[C@H](C)NC)C4CCCCC4)C3)c2)C[C@H]1C(=O)N[C@H](C)c1ccccc1)C1CCCCC1. The number of likely N-dealkylation sites (N-methyl/N-ethyl adjacent to an activating group) is 2. The Labute approximate surface area is 447 Å². The van der Waals surface area contributed by atoms with Gasteiger partial charge in [0.25, 0.3) is 11.8 Å². The van der Waals surface area contributed by atoms with Crippen LogP contribution in [0.4, 0.5) is 0 Å². The second-order valence-electron chi connectivity index (χ2n) is 21.5. The van der Waals surface area contributed by atoms with E-state index in [4.69, 9.17) is 0 Å². The number of rotatable bonds is 20. The van der Waals surface area contributed by atoms with Gasteiger partial charge in [0.15, 0.2) is 0 Å². The first-order chi connectivity index (χ1) is 36.6. The lowest BCUT2D eigenvalue weighted by Crippen LogP contribution is -2.58. The molecule has 76 heavy (non-hydrogen) atoms. The van der Waals surface area contributed by atoms with Crippen molar-refractivity contribution in [1.29, 1.82) is 0 Å². The van der Waals surface area contributed by atoms with Gasteiger partial charge in [-0.3, -0.25) is 38.4 Å². The van der Waals surface area contributed by atoms with E-state index >= 15 is 0 Å². The monoisotopic (exact) mass is 1040 g/mol. The van der Waals surface area contributed by atoms with E-state index in [-0.39, 0.29) is 96.4 Å². The van der Waals surface area contributed by atoms with Crippen LogP contribution in [0.15, 0.2) is 84.9 Å². The molecule has 3 aromatic rings. The summed E-state index contributed by atoms with van der Waals surface area (Å²) < 4.78 is 0. The molecule has 2 saturated carbocycles. The zero-order valence-electron chi connectivity index (χ0n) is 45.1. The van der Waals surface area contributed by atoms with Crippen LogP contribution >= 0.6 is 0 Å². The Kier molecular flexibility index (Phi) is 20.2. The van der Waals surface area contributed by atoms with Gasteiger partial charge in [-0.25, -0.2) is 0 Å². The van der Waals surface area contributed by atoms with Crippen LogP contribution in [0.5, 0.6) is 0 Å². The maximum absolute atomic E-state index is 14.8. The number of carbonyl (C=O) groups excluding carboxylic acids is 8. The van der Waals surface area contributed by atoms with E-state index in [2.05, 4.69) is 42.5 Å². The quantitative estimate of drug-likeness (QED) is 0.0804. The Hall–Kier alpha value is -6.66. The van der Waals surface area contributed by atoms with Crippen molar-refractivity contribution in [3.05, 3.63) is 107 Å². The minimum absolute atomic E-state index is 0.0127. The standard InChI is InChI=1S/C58H80N10O8/c1-35(39-20-11-7-12-21-39)61-55(73)47-31-45(33-67(47)57(75)49(41-24-15-9-16-25-41)65-51(69)37(3)59-5)63-53(71)43-28-19-29-44(30-43)54(72)64-46-32-48(56(74)62-36(2)40-22-13-8-14-23-40)68(34-46)58(76)50(42-26-17-10-18-27-42)66-52(70)38(4)60-6/h7-8,11-14,19-23,28-30,35-38,41-42,45-50,59-60H,9-10,15-18,24-27,31-34H2,1-6H3,(H,61,73)(H,62,74)(H,63,71)(H,64,72)(H,65,69)(H,66,70)/t35-,36-,37+,38+,45+,46+,47+,48+,49+,50+/m1/s1. The summed E-state index contributed by atoms with van der Waals surface area (Å²) >= 11 is 0. The molecular formula is C58H80N10O8. The summed E-state index contributed by atoms with van der Waals surface area (Å²) in [5, 5.41) is 24.2. The number of amides is 8. The van der Waals surface area contributed by atoms with Crippen molar-refractivity contribution in [3.63, 3.8) is 0 Å². The van der Waals surface area contributed by atoms with Crippen molar-refractivity contribution >= 4 is 47.3 Å². The van der Waals surface area contributed by atoms with Crippen molar-refractivity contribution in [3.8, 4) is 0 Å². The summed E-state index contributed by atoms with van der Waals surface area (Å²) in [5.41, 5.74) is 2.11. The van der Waals surface area contributed by atoms with E-state index < -0.39 is 60.1 Å². The minimum atomic E-state index is -0.956. The third kappa shape index (κ3) is 14.4. The number of nitrogens with one attached hydrogen (secondary N) is 8. The van der Waals surface area contributed by atoms with Gasteiger partial charge in [0.2, 0.25) is 35.4 Å². The second-order valence-corrected chi connectivity index (χ2v) is 21.5. The second kappa shape index (κ2) is 26.9. The van der Waals surface area contributed by atoms with E-state index in [1.54, 1.807) is 46.1 Å². The number of hydrogen-bond acceptors (Lipinski definition) is 10. The molecule has 2 heterocycles. The lowest BCUT2D eigenvalue weighted by molar-refractivity contribution is -0.143. The Morgan fingerprint density at radius 1 is 0.474 bits per heavy atom. The van der Waals surface area contributed by atoms with Gasteiger partial charge in [-0.1, -0.05) is 105 Å². The molecule has 0 bridgehead atoms. The van der Waals surface area contributed by atoms with Crippen LogP contribution in [0.2, 0.25) is 0 Å². The first kappa shape index (κ1) is 57.1. The molecule has 18 nitrogen and oxygen atoms in total. The molecule has 2 aliphatic heterocycles. The summed E-state index contributed by atoms with van der Waals surface area (Å²) in [6.07, 6.45) is 8.99. The number of carbonyl (C=O) groups is 8. The molecule has 7 rings (SSSR count). The van der Waals surface area contributed by atoms with Gasteiger partial charge in [0.05, 0.1) is 24.2 Å². The van der Waals surface area contributed by atoms with E-state index in [0.717, 1.165) is 75.3 Å². The highest BCUT2D eigenvalue weighted by Crippen LogP contribution is 2.32. The van der Waals surface area contributed by atoms with Gasteiger partial charge in [-0.15, -0.1) is 0 Å². The van der Waals surface area contributed by atoms with Crippen LogP contribution in [-0.2, 0) is 28.8 Å². The number of benzene rings is 3. The van der Waals surface area contributed by atoms with E-state index in [1.165, 1.54) is 15.9 Å². The first-order valence-electron chi connectivity index (χ1n) is 27.5. The van der Waals surface area contributed by atoms with Crippen LogP contribution in [0.3, 0.4) is 0 Å². The van der Waals surface area contributed by atoms with Gasteiger partial charge in [0.1, 0.15) is 24.2 Å². The van der Waals surface area contributed by atoms with Crippen molar-refractivity contribution in [2.75, 3.05) is 27.2 Å². The van der Waals surface area contributed by atoms with Crippen LogP contribution in [0.1, 0.15) is 149 Å². The molecule has 4 aliphatic rings. The molecule has 10 atom stereocenters. The van der Waals surface area contributed by atoms with Gasteiger partial charge >= 0.3 is 0 Å². The largest absolute Gasteiger partial charge is 0.348 e. The molecule has 410 valence electrons. The number of likely N-dealkylation sites (tertiary alicyclic amines) is 2. The smallest absolute Gasteiger partial charge is 0.251 e. The molecule has 0 radical (unpaired) electrons. The van der Waals surface area contributed by atoms with Gasteiger partial charge < -0.3 is 52.3 Å². The molecule has 0 aromatic heterocycles. The number of nitrogens with zero attached hydrogens (tertiary/aromatic N) is 2. The molecule has 2 saturated heterocycles. The van der Waals surface area contributed by atoms with E-state index in [1.807, 2.05) is 74.5 Å². The Balaban J connectivity index is 1.08. The van der Waals surface area contributed by atoms with Crippen LogP contribution in [0, 0.1) is 11.8 Å². The van der Waals surface area contributed by atoms with E-state index in [0.29, 0.717) is 0 Å². The molecule has 8 amide bonds. The molecule has 4 fully saturated rings. The minimum Gasteiger partial charge on any atom is -0.348 e. The van der Waals surface area contributed by atoms with Crippen LogP contribution in [0.25, 0.3) is 0 Å². The van der Waals surface area contributed by atoms with Crippen molar-refractivity contribution in [1.82, 2.24) is 52.3 Å². The van der Waals surface area contributed by atoms with Crippen molar-refractivity contribution in [2.24, 2.45) is 11.8 Å². The zero-order chi connectivity index (χ0) is 54.5. The molecule has 8 N–H and O–H groups in total. The number of hydrogen-bond donors (Lipinski definition) is 8. The molecule has 18 heteroatoms. The van der Waals surface area contributed by atoms with Gasteiger partial charge in [-0.2, -0.15) is 0 Å². The fourth-order valence-electron chi connectivity index (χ4n) is 11.3. The average Bonchev–Trinajstić information content (AvgIpc) is 4.08. The highest BCUT2D eigenvalue weighted by molar-refractivity contribution is 6.01. The fourth-order valence-corrected chi connectivity index (χ4v) is 11.3. The summed E-state index contributed by atoms with van der Waals surface area (Å²) in [6.45, 7) is 7.21. The van der Waals surface area contributed by atoms with E-state index in [9.17, 15) is 38.4 Å². The topological polar surface area (TPSA) is 239 Å². The molecule has 0 spiro atoms. The predicted octanol–water partition coefficient (Wildman–Crippen LogP) is 4.19. The lowest BCUT2D eigenvalue weighted by atomic mass is 9.83. The van der Waals surface area contributed by atoms with Crippen LogP contribution < -0.4 is 42.5 Å². The highest BCUT2D eigenvalue weighted by atomic mass is 16.2. The predicted molar refractivity (Wildman–Crippen MR) is 289 cm³/mol. The third-order valence-corrected chi connectivity index (χ3v) is 16.2. The molecular weight excluding hydrogens is 965 g/mol. The lowest BCUT2D eigenvalue weighted by Gasteiger charge is -2.35. The Bertz CT molecular complexity index is 2340. The van der Waals surface area contributed by atoms with Crippen molar-refractivity contribution < 1.29 is 38.4 Å². The zero-order valence-corrected chi connectivity index (χ0v) is 45.1. The molecule has 2 aliphatic carbocycles. The summed E-state index contributed by atoms with van der Waals surface area (Å²) in [6, 6.07) is 18.3. The molecule has 0 unspecified atom stereocenters. The fraction of sp³-hybridized carbons (Fsp3) is 0.552. The highest BCUT2D eigenvalue weighted by Gasteiger charge is 2.47. The van der Waals surface area contributed by atoms with Gasteiger partial charge in [0, 0.05) is 36.3 Å².